The molecule has 1 N–H and O–H groups in total. The van der Waals surface area contributed by atoms with Crippen LogP contribution >= 0.6 is 0 Å². The molecule has 2 heterocycles. The van der Waals surface area contributed by atoms with Gasteiger partial charge in [0.25, 0.3) is 0 Å². The van der Waals surface area contributed by atoms with Crippen LogP contribution in [0.5, 0.6) is 0 Å². The summed E-state index contributed by atoms with van der Waals surface area (Å²) in [7, 11) is 0. The molecular formula is C13H13FN4. The predicted molar refractivity (Wildman–Crippen MR) is 65.9 cm³/mol. The number of hydrogen-bond acceptors (Lipinski definition) is 2. The Morgan fingerprint density at radius 3 is 3.00 bits per heavy atom. The standard InChI is InChI=1S/C13H13FN4/c14-11-2-1-10-8-18(13(15)12(10)7-11)6-5-17-4-3-16-9-17/h1-4,7,9,15H,5-6,8H2. The van der Waals surface area contributed by atoms with E-state index in [-0.39, 0.29) is 5.82 Å². The average molecular weight is 244 g/mol. The summed E-state index contributed by atoms with van der Waals surface area (Å²) in [6.45, 7) is 2.19. The average Bonchev–Trinajstić information content (AvgIpc) is 2.97. The van der Waals surface area contributed by atoms with E-state index < -0.39 is 0 Å². The minimum Gasteiger partial charge on any atom is -0.350 e. The highest BCUT2D eigenvalue weighted by atomic mass is 19.1. The molecule has 0 saturated heterocycles. The fourth-order valence-corrected chi connectivity index (χ4v) is 2.21. The summed E-state index contributed by atoms with van der Waals surface area (Å²) in [4.78, 5) is 5.93. The van der Waals surface area contributed by atoms with Gasteiger partial charge >= 0.3 is 0 Å². The lowest BCUT2D eigenvalue weighted by Crippen LogP contribution is -2.27. The number of aromatic nitrogens is 2. The minimum atomic E-state index is -0.282. The Balaban J connectivity index is 1.72. The van der Waals surface area contributed by atoms with Gasteiger partial charge in [0.1, 0.15) is 11.7 Å². The van der Waals surface area contributed by atoms with Crippen LogP contribution in [-0.2, 0) is 13.1 Å². The van der Waals surface area contributed by atoms with Gasteiger partial charge in [0.05, 0.1) is 6.33 Å². The zero-order valence-electron chi connectivity index (χ0n) is 9.81. The largest absolute Gasteiger partial charge is 0.350 e. The van der Waals surface area contributed by atoms with E-state index in [1.807, 2.05) is 15.7 Å². The molecule has 0 atom stereocenters. The van der Waals surface area contributed by atoms with Crippen LogP contribution in [-0.4, -0.2) is 26.8 Å². The molecule has 18 heavy (non-hydrogen) atoms. The number of nitrogens with zero attached hydrogens (tertiary/aromatic N) is 3. The molecule has 0 unspecified atom stereocenters. The van der Waals surface area contributed by atoms with Crippen LogP contribution in [0.4, 0.5) is 4.39 Å². The van der Waals surface area contributed by atoms with Gasteiger partial charge in [-0.05, 0) is 17.7 Å². The van der Waals surface area contributed by atoms with Crippen LogP contribution in [0.1, 0.15) is 11.1 Å². The zero-order valence-corrected chi connectivity index (χ0v) is 9.81. The van der Waals surface area contributed by atoms with E-state index in [0.29, 0.717) is 17.9 Å². The van der Waals surface area contributed by atoms with Gasteiger partial charge in [-0.2, -0.15) is 0 Å². The van der Waals surface area contributed by atoms with Crippen LogP contribution in [0.3, 0.4) is 0 Å². The molecule has 3 rings (SSSR count). The van der Waals surface area contributed by atoms with Crippen molar-refractivity contribution in [2.24, 2.45) is 0 Å². The number of halogens is 1. The summed E-state index contributed by atoms with van der Waals surface area (Å²) in [6, 6.07) is 4.65. The molecule has 1 aromatic carbocycles. The maximum atomic E-state index is 13.1. The van der Waals surface area contributed by atoms with Crippen LogP contribution in [0, 0.1) is 11.2 Å². The smallest absolute Gasteiger partial charge is 0.128 e. The van der Waals surface area contributed by atoms with E-state index in [4.69, 9.17) is 5.41 Å². The molecule has 0 radical (unpaired) electrons. The number of nitrogens with one attached hydrogen (secondary N) is 1. The number of rotatable bonds is 3. The number of hydrogen-bond donors (Lipinski definition) is 1. The fraction of sp³-hybridized carbons (Fsp3) is 0.231. The van der Waals surface area contributed by atoms with Crippen molar-refractivity contribution in [2.75, 3.05) is 6.54 Å². The quantitative estimate of drug-likeness (QED) is 0.895. The Labute approximate surface area is 104 Å². The molecular weight excluding hydrogens is 231 g/mol. The normalized spacial score (nSPS) is 14.1. The predicted octanol–water partition coefficient (Wildman–Crippen LogP) is 1.86. The van der Waals surface area contributed by atoms with Gasteiger partial charge in [-0.3, -0.25) is 5.41 Å². The van der Waals surface area contributed by atoms with Crippen molar-refractivity contribution >= 4 is 5.84 Å². The van der Waals surface area contributed by atoms with Crippen molar-refractivity contribution in [2.45, 2.75) is 13.1 Å². The first kappa shape index (κ1) is 11.0. The Morgan fingerprint density at radius 2 is 2.22 bits per heavy atom. The molecule has 92 valence electrons. The molecule has 4 nitrogen and oxygen atoms in total. The first-order valence-corrected chi connectivity index (χ1v) is 5.82. The summed E-state index contributed by atoms with van der Waals surface area (Å²) >= 11 is 0. The Morgan fingerprint density at radius 1 is 1.33 bits per heavy atom. The lowest BCUT2D eigenvalue weighted by atomic mass is 10.1. The first-order chi connectivity index (χ1) is 8.74. The summed E-state index contributed by atoms with van der Waals surface area (Å²) in [5, 5.41) is 8.05. The van der Waals surface area contributed by atoms with E-state index in [1.54, 1.807) is 18.6 Å². The van der Waals surface area contributed by atoms with Crippen molar-refractivity contribution < 1.29 is 4.39 Å². The Hall–Kier alpha value is -2.17. The van der Waals surface area contributed by atoms with E-state index in [1.165, 1.54) is 12.1 Å². The Bertz CT molecular complexity index is 577. The number of benzene rings is 1. The number of amidine groups is 1. The molecule has 0 saturated carbocycles. The molecule has 0 aliphatic carbocycles. The first-order valence-electron chi connectivity index (χ1n) is 5.82. The van der Waals surface area contributed by atoms with E-state index in [0.717, 1.165) is 18.7 Å². The van der Waals surface area contributed by atoms with Crippen LogP contribution in [0.15, 0.2) is 36.9 Å². The van der Waals surface area contributed by atoms with Gasteiger partial charge in [-0.25, -0.2) is 9.37 Å². The molecule has 0 spiro atoms. The van der Waals surface area contributed by atoms with Gasteiger partial charge in [0, 0.05) is 37.6 Å². The molecule has 5 heteroatoms. The number of fused-ring (bicyclic) bond motifs is 1. The van der Waals surface area contributed by atoms with Crippen LogP contribution in [0.25, 0.3) is 0 Å². The van der Waals surface area contributed by atoms with E-state index in [9.17, 15) is 4.39 Å². The second-order valence-corrected chi connectivity index (χ2v) is 4.37. The van der Waals surface area contributed by atoms with Crippen molar-refractivity contribution in [1.82, 2.24) is 14.5 Å². The van der Waals surface area contributed by atoms with Crippen molar-refractivity contribution in [3.05, 3.63) is 53.9 Å². The summed E-state index contributed by atoms with van der Waals surface area (Å²) in [5.41, 5.74) is 1.73. The maximum absolute atomic E-state index is 13.1. The molecule has 1 aromatic heterocycles. The van der Waals surface area contributed by atoms with E-state index in [2.05, 4.69) is 4.98 Å². The third kappa shape index (κ3) is 1.88. The highest BCUT2D eigenvalue weighted by Crippen LogP contribution is 2.23. The van der Waals surface area contributed by atoms with Crippen LogP contribution in [0.2, 0.25) is 0 Å². The second kappa shape index (κ2) is 4.25. The van der Waals surface area contributed by atoms with Gasteiger partial charge in [-0.1, -0.05) is 6.07 Å². The van der Waals surface area contributed by atoms with Gasteiger partial charge < -0.3 is 9.47 Å². The summed E-state index contributed by atoms with van der Waals surface area (Å²) < 4.78 is 15.1. The minimum absolute atomic E-state index is 0.282. The third-order valence-electron chi connectivity index (χ3n) is 3.19. The molecule has 2 aromatic rings. The monoisotopic (exact) mass is 244 g/mol. The summed E-state index contributed by atoms with van der Waals surface area (Å²) in [6.07, 6.45) is 5.39. The molecule has 0 bridgehead atoms. The lowest BCUT2D eigenvalue weighted by Gasteiger charge is -2.17. The molecule has 1 aliphatic heterocycles. The molecule has 1 aliphatic rings. The van der Waals surface area contributed by atoms with Gasteiger partial charge in [-0.15, -0.1) is 0 Å². The van der Waals surface area contributed by atoms with Crippen molar-refractivity contribution in [3.63, 3.8) is 0 Å². The second-order valence-electron chi connectivity index (χ2n) is 4.37. The maximum Gasteiger partial charge on any atom is 0.128 e. The highest BCUT2D eigenvalue weighted by Gasteiger charge is 2.23. The van der Waals surface area contributed by atoms with Crippen LogP contribution < -0.4 is 0 Å². The fourth-order valence-electron chi connectivity index (χ4n) is 2.21. The highest BCUT2D eigenvalue weighted by molar-refractivity contribution is 6.00. The molecule has 0 amide bonds. The van der Waals surface area contributed by atoms with Crippen molar-refractivity contribution in [1.29, 1.82) is 5.41 Å². The number of imidazole rings is 1. The van der Waals surface area contributed by atoms with Gasteiger partial charge in [0.15, 0.2) is 0 Å². The molecule has 0 fully saturated rings. The van der Waals surface area contributed by atoms with Crippen molar-refractivity contribution in [3.8, 4) is 0 Å². The van der Waals surface area contributed by atoms with E-state index >= 15 is 0 Å². The lowest BCUT2D eigenvalue weighted by molar-refractivity contribution is 0.401. The Kier molecular flexibility index (Phi) is 2.59. The topological polar surface area (TPSA) is 44.9 Å². The third-order valence-corrected chi connectivity index (χ3v) is 3.19. The SMILES string of the molecule is N=C1c2cc(F)ccc2CN1CCn1ccnc1. The van der Waals surface area contributed by atoms with Gasteiger partial charge in [0.2, 0.25) is 0 Å². The zero-order chi connectivity index (χ0) is 12.5. The summed E-state index contributed by atoms with van der Waals surface area (Å²) in [5.74, 6) is 0.125.